The lowest BCUT2D eigenvalue weighted by molar-refractivity contribution is -0.148. The van der Waals surface area contributed by atoms with Gasteiger partial charge in [-0.25, -0.2) is 0 Å². The van der Waals surface area contributed by atoms with Gasteiger partial charge in [-0.05, 0) is 77.3 Å². The molecule has 1 aromatic carbocycles. The summed E-state index contributed by atoms with van der Waals surface area (Å²) in [5.41, 5.74) is 1.36. The largest absolute Gasteiger partial charge is 0.481 e. The summed E-state index contributed by atoms with van der Waals surface area (Å²) >= 11 is 0. The molecule has 0 heterocycles. The van der Waals surface area contributed by atoms with E-state index in [0.29, 0.717) is 6.42 Å². The number of carboxylic acid groups (broad SMARTS) is 2. The van der Waals surface area contributed by atoms with Crippen molar-refractivity contribution in [2.24, 2.45) is 10.8 Å². The Balaban J connectivity index is 2.24. The summed E-state index contributed by atoms with van der Waals surface area (Å²) in [5.74, 6) is -1.44. The summed E-state index contributed by atoms with van der Waals surface area (Å²) in [5, 5.41) is 18.2. The Bertz CT molecular complexity index is 599. The van der Waals surface area contributed by atoms with E-state index in [9.17, 15) is 9.59 Å². The average Bonchev–Trinajstić information content (AvgIpc) is 2.59. The molecule has 0 aliphatic rings. The SMILES string of the molecule is CC(C)(CCCCCc1ccc(CCCCC(C)(C)C(=O)O)cc1)C(=O)O. The van der Waals surface area contributed by atoms with E-state index < -0.39 is 22.8 Å². The molecule has 0 aromatic heterocycles. The highest BCUT2D eigenvalue weighted by Gasteiger charge is 2.26. The number of hydrogen-bond donors (Lipinski definition) is 2. The van der Waals surface area contributed by atoms with Crippen molar-refractivity contribution in [3.63, 3.8) is 0 Å². The molecule has 27 heavy (non-hydrogen) atoms. The number of hydrogen-bond acceptors (Lipinski definition) is 2. The molecule has 0 saturated carbocycles. The molecule has 152 valence electrons. The summed E-state index contributed by atoms with van der Waals surface area (Å²) in [6.45, 7) is 7.15. The molecule has 4 heteroatoms. The summed E-state index contributed by atoms with van der Waals surface area (Å²) in [4.78, 5) is 22.2. The molecule has 4 nitrogen and oxygen atoms in total. The standard InChI is InChI=1S/C23H36O4/c1-22(2,20(24)25)16-8-5-6-10-18-12-14-19(15-13-18)11-7-9-17-23(3,4)21(26)27/h12-15H,5-11,16-17H2,1-4H3,(H,24,25)(H,26,27). The topological polar surface area (TPSA) is 74.6 Å². The fourth-order valence-electron chi connectivity index (χ4n) is 3.06. The number of unbranched alkanes of at least 4 members (excludes halogenated alkanes) is 3. The summed E-state index contributed by atoms with van der Waals surface area (Å²) in [7, 11) is 0. The van der Waals surface area contributed by atoms with Crippen LogP contribution in [0.1, 0.15) is 83.8 Å². The molecule has 0 radical (unpaired) electrons. The lowest BCUT2D eigenvalue weighted by atomic mass is 9.86. The zero-order valence-corrected chi connectivity index (χ0v) is 17.4. The number of aliphatic carboxylic acids is 2. The molecule has 0 bridgehead atoms. The quantitative estimate of drug-likeness (QED) is 0.432. The second-order valence-electron chi connectivity index (χ2n) is 8.96. The van der Waals surface area contributed by atoms with E-state index in [1.165, 1.54) is 11.1 Å². The predicted octanol–water partition coefficient (Wildman–Crippen LogP) is 5.72. The highest BCUT2D eigenvalue weighted by molar-refractivity contribution is 5.73. The first-order valence-corrected chi connectivity index (χ1v) is 10.1. The van der Waals surface area contributed by atoms with Gasteiger partial charge in [-0.3, -0.25) is 9.59 Å². The number of carboxylic acids is 2. The maximum atomic E-state index is 11.1. The molecular weight excluding hydrogens is 340 g/mol. The Morgan fingerprint density at radius 1 is 0.667 bits per heavy atom. The first kappa shape index (κ1) is 23.2. The van der Waals surface area contributed by atoms with Crippen LogP contribution in [0.2, 0.25) is 0 Å². The van der Waals surface area contributed by atoms with Crippen molar-refractivity contribution < 1.29 is 19.8 Å². The van der Waals surface area contributed by atoms with E-state index in [-0.39, 0.29) is 0 Å². The van der Waals surface area contributed by atoms with Gasteiger partial charge in [-0.2, -0.15) is 0 Å². The van der Waals surface area contributed by atoms with Crippen molar-refractivity contribution in [3.05, 3.63) is 35.4 Å². The summed E-state index contributed by atoms with van der Waals surface area (Å²) in [6.07, 6.45) is 8.46. The van der Waals surface area contributed by atoms with Crippen LogP contribution in [0.5, 0.6) is 0 Å². The zero-order chi connectivity index (χ0) is 20.5. The van der Waals surface area contributed by atoms with Crippen molar-refractivity contribution in [1.29, 1.82) is 0 Å². The third kappa shape index (κ3) is 8.59. The Kier molecular flexibility index (Phi) is 9.01. The van der Waals surface area contributed by atoms with Gasteiger partial charge in [0, 0.05) is 0 Å². The van der Waals surface area contributed by atoms with Gasteiger partial charge in [0.15, 0.2) is 0 Å². The number of benzene rings is 1. The van der Waals surface area contributed by atoms with Gasteiger partial charge in [0.05, 0.1) is 10.8 Å². The normalized spacial score (nSPS) is 12.1. The maximum absolute atomic E-state index is 11.1. The highest BCUT2D eigenvalue weighted by atomic mass is 16.4. The third-order valence-electron chi connectivity index (χ3n) is 5.47. The van der Waals surface area contributed by atoms with Crippen LogP contribution in [0, 0.1) is 10.8 Å². The van der Waals surface area contributed by atoms with Gasteiger partial charge in [0.1, 0.15) is 0 Å². The van der Waals surface area contributed by atoms with Crippen LogP contribution in [0.25, 0.3) is 0 Å². The molecule has 0 unspecified atom stereocenters. The second-order valence-corrected chi connectivity index (χ2v) is 8.96. The number of carbonyl (C=O) groups is 2. The molecule has 0 atom stereocenters. The minimum absolute atomic E-state index is 0.624. The fraction of sp³-hybridized carbons (Fsp3) is 0.652. The third-order valence-corrected chi connectivity index (χ3v) is 5.47. The molecule has 1 rings (SSSR count). The van der Waals surface area contributed by atoms with Crippen LogP contribution >= 0.6 is 0 Å². The van der Waals surface area contributed by atoms with Crippen molar-refractivity contribution in [3.8, 4) is 0 Å². The van der Waals surface area contributed by atoms with Crippen LogP contribution in [0.15, 0.2) is 24.3 Å². The van der Waals surface area contributed by atoms with E-state index in [1.807, 2.05) is 0 Å². The van der Waals surface area contributed by atoms with E-state index in [4.69, 9.17) is 10.2 Å². The van der Waals surface area contributed by atoms with E-state index in [1.54, 1.807) is 27.7 Å². The van der Waals surface area contributed by atoms with Gasteiger partial charge in [0.2, 0.25) is 0 Å². The molecular formula is C23H36O4. The Morgan fingerprint density at radius 3 is 1.37 bits per heavy atom. The Morgan fingerprint density at radius 2 is 1.00 bits per heavy atom. The molecule has 0 spiro atoms. The second kappa shape index (κ2) is 10.5. The molecule has 1 aromatic rings. The Hall–Kier alpha value is -1.84. The van der Waals surface area contributed by atoms with Crippen molar-refractivity contribution in [2.75, 3.05) is 0 Å². The number of aryl methyl sites for hydroxylation is 2. The first-order valence-electron chi connectivity index (χ1n) is 10.1. The summed E-state index contributed by atoms with van der Waals surface area (Å²) in [6, 6.07) is 8.70. The van der Waals surface area contributed by atoms with E-state index in [0.717, 1.165) is 51.4 Å². The zero-order valence-electron chi connectivity index (χ0n) is 17.4. The molecule has 0 aliphatic heterocycles. The van der Waals surface area contributed by atoms with E-state index >= 15 is 0 Å². The lowest BCUT2D eigenvalue weighted by Gasteiger charge is -2.18. The van der Waals surface area contributed by atoms with Crippen molar-refractivity contribution >= 4 is 11.9 Å². The van der Waals surface area contributed by atoms with Gasteiger partial charge in [0.25, 0.3) is 0 Å². The highest BCUT2D eigenvalue weighted by Crippen LogP contribution is 2.25. The van der Waals surface area contributed by atoms with Gasteiger partial charge in [-0.1, -0.05) is 43.5 Å². The Labute approximate surface area is 164 Å². The molecule has 0 aliphatic carbocycles. The number of rotatable bonds is 13. The smallest absolute Gasteiger partial charge is 0.309 e. The lowest BCUT2D eigenvalue weighted by Crippen LogP contribution is -2.23. The summed E-state index contributed by atoms with van der Waals surface area (Å²) < 4.78 is 0. The van der Waals surface area contributed by atoms with Crippen molar-refractivity contribution in [2.45, 2.75) is 85.5 Å². The minimum atomic E-state index is -0.724. The van der Waals surface area contributed by atoms with Crippen LogP contribution in [0.4, 0.5) is 0 Å². The van der Waals surface area contributed by atoms with Gasteiger partial charge in [-0.15, -0.1) is 0 Å². The van der Waals surface area contributed by atoms with E-state index in [2.05, 4.69) is 24.3 Å². The fourth-order valence-corrected chi connectivity index (χ4v) is 3.06. The molecule has 0 saturated heterocycles. The molecule has 2 N–H and O–H groups in total. The predicted molar refractivity (Wildman–Crippen MR) is 109 cm³/mol. The van der Waals surface area contributed by atoms with Crippen molar-refractivity contribution in [1.82, 2.24) is 0 Å². The first-order chi connectivity index (χ1) is 12.5. The monoisotopic (exact) mass is 376 g/mol. The van der Waals surface area contributed by atoms with Gasteiger partial charge < -0.3 is 10.2 Å². The van der Waals surface area contributed by atoms with Crippen LogP contribution < -0.4 is 0 Å². The van der Waals surface area contributed by atoms with Crippen LogP contribution in [-0.2, 0) is 22.4 Å². The molecule has 0 amide bonds. The van der Waals surface area contributed by atoms with Gasteiger partial charge >= 0.3 is 11.9 Å². The average molecular weight is 377 g/mol. The van der Waals surface area contributed by atoms with Crippen LogP contribution in [0.3, 0.4) is 0 Å². The maximum Gasteiger partial charge on any atom is 0.309 e. The molecule has 0 fully saturated rings. The minimum Gasteiger partial charge on any atom is -0.481 e. The van der Waals surface area contributed by atoms with Crippen LogP contribution in [-0.4, -0.2) is 22.2 Å².